The SMILES string of the molecule is COc1cc(-c2nc(N(C(C)=O)c3cc(F)c(F)cc3C)n(C)n2)ccc1-n1cnc(C)c1. The second-order valence-electron chi connectivity index (χ2n) is 7.58. The second kappa shape index (κ2) is 8.45. The number of halogens is 2. The molecule has 170 valence electrons. The predicted octanol–water partition coefficient (Wildman–Crippen LogP) is 4.26. The first-order valence-corrected chi connectivity index (χ1v) is 10.1. The zero-order valence-corrected chi connectivity index (χ0v) is 18.8. The number of carbonyl (C=O) groups excluding carboxylic acids is 1. The molecule has 0 atom stereocenters. The number of amides is 1. The van der Waals surface area contributed by atoms with Crippen LogP contribution in [0.3, 0.4) is 0 Å². The smallest absolute Gasteiger partial charge is 0.235 e. The Morgan fingerprint density at radius 2 is 1.85 bits per heavy atom. The Hall–Kier alpha value is -4.08. The van der Waals surface area contributed by atoms with E-state index in [2.05, 4.69) is 15.1 Å². The summed E-state index contributed by atoms with van der Waals surface area (Å²) in [6.45, 7) is 4.80. The molecule has 0 N–H and O–H groups in total. The molecule has 0 aliphatic heterocycles. The molecule has 10 heteroatoms. The minimum atomic E-state index is -1.06. The summed E-state index contributed by atoms with van der Waals surface area (Å²) in [5.74, 6) is -1.38. The molecule has 2 aromatic carbocycles. The van der Waals surface area contributed by atoms with Crippen molar-refractivity contribution in [1.82, 2.24) is 24.3 Å². The Labute approximate surface area is 189 Å². The molecule has 1 amide bonds. The fourth-order valence-corrected chi connectivity index (χ4v) is 3.57. The van der Waals surface area contributed by atoms with E-state index >= 15 is 0 Å². The highest BCUT2D eigenvalue weighted by molar-refractivity contribution is 5.98. The van der Waals surface area contributed by atoms with Gasteiger partial charge in [0, 0.05) is 31.8 Å². The molecule has 4 aromatic rings. The molecule has 2 aromatic heterocycles. The molecule has 8 nitrogen and oxygen atoms in total. The van der Waals surface area contributed by atoms with Gasteiger partial charge in [-0.1, -0.05) is 0 Å². The Kier molecular flexibility index (Phi) is 5.67. The normalized spacial score (nSPS) is 11.0. The minimum Gasteiger partial charge on any atom is -0.495 e. The zero-order valence-electron chi connectivity index (χ0n) is 18.8. The molecule has 0 saturated carbocycles. The third-order valence-corrected chi connectivity index (χ3v) is 5.16. The van der Waals surface area contributed by atoms with Crippen molar-refractivity contribution in [3.05, 3.63) is 65.7 Å². The van der Waals surface area contributed by atoms with Crippen molar-refractivity contribution in [2.75, 3.05) is 12.0 Å². The van der Waals surface area contributed by atoms with Gasteiger partial charge in [0.15, 0.2) is 17.5 Å². The summed E-state index contributed by atoms with van der Waals surface area (Å²) in [5.41, 5.74) is 2.89. The fraction of sp³-hybridized carbons (Fsp3) is 0.217. The topological polar surface area (TPSA) is 78.1 Å². The Bertz CT molecular complexity index is 1360. The number of aryl methyl sites for hydroxylation is 3. The zero-order chi connectivity index (χ0) is 23.9. The van der Waals surface area contributed by atoms with Crippen LogP contribution in [0, 0.1) is 25.5 Å². The van der Waals surface area contributed by atoms with Gasteiger partial charge in [0.2, 0.25) is 11.9 Å². The number of imidazole rings is 1. The number of nitrogens with zero attached hydrogens (tertiary/aromatic N) is 6. The third-order valence-electron chi connectivity index (χ3n) is 5.16. The largest absolute Gasteiger partial charge is 0.495 e. The number of hydrogen-bond acceptors (Lipinski definition) is 5. The fourth-order valence-electron chi connectivity index (χ4n) is 3.57. The van der Waals surface area contributed by atoms with Crippen molar-refractivity contribution < 1.29 is 18.3 Å². The molecule has 0 radical (unpaired) electrons. The van der Waals surface area contributed by atoms with Crippen LogP contribution in [0.5, 0.6) is 5.75 Å². The number of anilines is 2. The first-order chi connectivity index (χ1) is 15.7. The van der Waals surface area contributed by atoms with E-state index in [9.17, 15) is 13.6 Å². The van der Waals surface area contributed by atoms with Crippen molar-refractivity contribution >= 4 is 17.5 Å². The van der Waals surface area contributed by atoms with Crippen LogP contribution in [0.1, 0.15) is 18.2 Å². The molecule has 0 fully saturated rings. The Balaban J connectivity index is 1.78. The lowest BCUT2D eigenvalue weighted by molar-refractivity contribution is -0.116. The lowest BCUT2D eigenvalue weighted by Crippen LogP contribution is -2.26. The van der Waals surface area contributed by atoms with Crippen molar-refractivity contribution in [2.45, 2.75) is 20.8 Å². The highest BCUT2D eigenvalue weighted by Crippen LogP contribution is 2.32. The number of methoxy groups -OCH3 is 1. The number of ether oxygens (including phenoxy) is 1. The van der Waals surface area contributed by atoms with Gasteiger partial charge in [-0.2, -0.15) is 4.98 Å². The molecule has 2 heterocycles. The molecule has 33 heavy (non-hydrogen) atoms. The van der Waals surface area contributed by atoms with E-state index in [1.807, 2.05) is 29.8 Å². The first-order valence-electron chi connectivity index (χ1n) is 10.1. The molecule has 0 aliphatic carbocycles. The van der Waals surface area contributed by atoms with Gasteiger partial charge in [-0.3, -0.25) is 4.79 Å². The van der Waals surface area contributed by atoms with Crippen LogP contribution in [0.15, 0.2) is 42.9 Å². The standard InChI is InChI=1S/C23H22F2N6O2/c1-13-8-17(24)18(25)10-20(13)31(15(3)32)23-27-22(28-29(23)4)16-6-7-19(21(9-16)33-5)30-11-14(2)26-12-30/h6-12H,1-5H3. The van der Waals surface area contributed by atoms with Gasteiger partial charge in [-0.25, -0.2) is 23.3 Å². The van der Waals surface area contributed by atoms with E-state index < -0.39 is 17.5 Å². The molecule has 0 saturated heterocycles. The molecule has 4 rings (SSSR count). The maximum Gasteiger partial charge on any atom is 0.235 e. The van der Waals surface area contributed by atoms with Gasteiger partial charge < -0.3 is 9.30 Å². The summed E-state index contributed by atoms with van der Waals surface area (Å²) in [4.78, 5) is 22.5. The number of benzene rings is 2. The van der Waals surface area contributed by atoms with E-state index in [0.29, 0.717) is 22.7 Å². The second-order valence-corrected chi connectivity index (χ2v) is 7.58. The maximum absolute atomic E-state index is 14.0. The van der Waals surface area contributed by atoms with Crippen LogP contribution in [0.2, 0.25) is 0 Å². The molecule has 0 spiro atoms. The quantitative estimate of drug-likeness (QED) is 0.452. The van der Waals surface area contributed by atoms with Crippen molar-refractivity contribution in [1.29, 1.82) is 0 Å². The summed E-state index contributed by atoms with van der Waals surface area (Å²) in [6, 6.07) is 7.48. The molecular weight excluding hydrogens is 430 g/mol. The van der Waals surface area contributed by atoms with Crippen LogP contribution in [-0.4, -0.2) is 37.3 Å². The molecular formula is C23H22F2N6O2. The van der Waals surface area contributed by atoms with Gasteiger partial charge in [0.25, 0.3) is 0 Å². The first kappa shape index (κ1) is 22.1. The van der Waals surface area contributed by atoms with Crippen LogP contribution in [-0.2, 0) is 11.8 Å². The number of aromatic nitrogens is 5. The van der Waals surface area contributed by atoms with Gasteiger partial charge >= 0.3 is 0 Å². The van der Waals surface area contributed by atoms with Crippen molar-refractivity contribution in [2.24, 2.45) is 7.05 Å². The lowest BCUT2D eigenvalue weighted by atomic mass is 10.1. The number of carbonyl (C=O) groups is 1. The van der Waals surface area contributed by atoms with Crippen LogP contribution in [0.4, 0.5) is 20.4 Å². The van der Waals surface area contributed by atoms with Gasteiger partial charge in [-0.15, -0.1) is 5.10 Å². The summed E-state index contributed by atoms with van der Waals surface area (Å²) in [7, 11) is 3.18. The minimum absolute atomic E-state index is 0.167. The van der Waals surface area contributed by atoms with Gasteiger partial charge in [0.1, 0.15) is 5.75 Å². The van der Waals surface area contributed by atoms with E-state index in [1.165, 1.54) is 16.5 Å². The van der Waals surface area contributed by atoms with E-state index in [1.54, 1.807) is 33.5 Å². The highest BCUT2D eigenvalue weighted by Gasteiger charge is 2.24. The monoisotopic (exact) mass is 452 g/mol. The van der Waals surface area contributed by atoms with Crippen molar-refractivity contribution in [3.8, 4) is 22.8 Å². The van der Waals surface area contributed by atoms with Gasteiger partial charge in [-0.05, 0) is 43.7 Å². The average Bonchev–Trinajstić information content (AvgIpc) is 3.37. The number of hydrogen-bond donors (Lipinski definition) is 0. The van der Waals surface area contributed by atoms with Crippen LogP contribution in [0.25, 0.3) is 17.1 Å². The van der Waals surface area contributed by atoms with Crippen LogP contribution < -0.4 is 9.64 Å². The summed E-state index contributed by atoms with van der Waals surface area (Å²) in [5, 5.41) is 4.43. The summed E-state index contributed by atoms with van der Waals surface area (Å²) >= 11 is 0. The van der Waals surface area contributed by atoms with E-state index in [4.69, 9.17) is 4.74 Å². The molecule has 0 aliphatic rings. The summed E-state index contributed by atoms with van der Waals surface area (Å²) < 4.78 is 36.4. The predicted molar refractivity (Wildman–Crippen MR) is 119 cm³/mol. The maximum atomic E-state index is 14.0. The van der Waals surface area contributed by atoms with E-state index in [0.717, 1.165) is 23.5 Å². The Morgan fingerprint density at radius 1 is 1.12 bits per heavy atom. The number of rotatable bonds is 5. The molecule has 0 unspecified atom stereocenters. The summed E-state index contributed by atoms with van der Waals surface area (Å²) in [6.07, 6.45) is 3.57. The van der Waals surface area contributed by atoms with Crippen molar-refractivity contribution in [3.63, 3.8) is 0 Å². The highest BCUT2D eigenvalue weighted by atomic mass is 19.2. The molecule has 0 bridgehead atoms. The third kappa shape index (κ3) is 4.07. The lowest BCUT2D eigenvalue weighted by Gasteiger charge is -2.21. The average molecular weight is 452 g/mol. The Morgan fingerprint density at radius 3 is 2.48 bits per heavy atom. The van der Waals surface area contributed by atoms with Gasteiger partial charge in [0.05, 0.1) is 30.5 Å². The van der Waals surface area contributed by atoms with Crippen LogP contribution >= 0.6 is 0 Å². The van der Waals surface area contributed by atoms with E-state index in [-0.39, 0.29) is 11.6 Å².